The van der Waals surface area contributed by atoms with Gasteiger partial charge in [0.15, 0.2) is 17.4 Å². The Hall–Kier alpha value is -2.01. The van der Waals surface area contributed by atoms with Gasteiger partial charge in [-0.25, -0.2) is 8.78 Å². The van der Waals surface area contributed by atoms with Gasteiger partial charge in [-0.15, -0.1) is 0 Å². The minimum Gasteiger partial charge on any atom is -0.449 e. The largest absolute Gasteiger partial charge is 0.449 e. The standard InChI is InChI=1S/C15H16F2N2O/c1-9(18)6-11-7-12(16)15(13(17)8-11)20-14-4-3-5-19-10(14)2/h3-5,7-9H,6,18H2,1-2H3. The third-order valence-corrected chi connectivity index (χ3v) is 2.79. The first-order valence-electron chi connectivity index (χ1n) is 6.30. The van der Waals surface area contributed by atoms with Gasteiger partial charge in [-0.2, -0.15) is 0 Å². The Labute approximate surface area is 116 Å². The summed E-state index contributed by atoms with van der Waals surface area (Å²) >= 11 is 0. The fourth-order valence-corrected chi connectivity index (χ4v) is 1.89. The maximum absolute atomic E-state index is 14.0. The van der Waals surface area contributed by atoms with Crippen LogP contribution in [0.3, 0.4) is 0 Å². The van der Waals surface area contributed by atoms with Gasteiger partial charge < -0.3 is 10.5 Å². The molecule has 1 atom stereocenters. The zero-order chi connectivity index (χ0) is 14.7. The molecule has 1 unspecified atom stereocenters. The monoisotopic (exact) mass is 278 g/mol. The van der Waals surface area contributed by atoms with Gasteiger partial charge in [0, 0.05) is 12.2 Å². The van der Waals surface area contributed by atoms with Gasteiger partial charge in [-0.05, 0) is 50.1 Å². The summed E-state index contributed by atoms with van der Waals surface area (Å²) < 4.78 is 33.2. The molecule has 0 fully saturated rings. The van der Waals surface area contributed by atoms with Gasteiger partial charge in [0.05, 0.1) is 5.69 Å². The highest BCUT2D eigenvalue weighted by Crippen LogP contribution is 2.30. The van der Waals surface area contributed by atoms with Gasteiger partial charge in [0.25, 0.3) is 0 Å². The molecule has 5 heteroatoms. The number of nitrogens with two attached hydrogens (primary N) is 1. The van der Waals surface area contributed by atoms with Crippen LogP contribution in [-0.2, 0) is 6.42 Å². The van der Waals surface area contributed by atoms with E-state index in [-0.39, 0.29) is 6.04 Å². The number of rotatable bonds is 4. The highest BCUT2D eigenvalue weighted by Gasteiger charge is 2.15. The summed E-state index contributed by atoms with van der Waals surface area (Å²) in [6.07, 6.45) is 1.99. The predicted octanol–water partition coefficient (Wildman–Crippen LogP) is 3.35. The highest BCUT2D eigenvalue weighted by atomic mass is 19.1. The van der Waals surface area contributed by atoms with Gasteiger partial charge in [0.2, 0.25) is 0 Å². The summed E-state index contributed by atoms with van der Waals surface area (Å²) in [6.45, 7) is 3.48. The molecule has 0 aliphatic carbocycles. The van der Waals surface area contributed by atoms with Crippen LogP contribution in [0, 0.1) is 18.6 Å². The van der Waals surface area contributed by atoms with Crippen molar-refractivity contribution in [2.24, 2.45) is 5.73 Å². The molecule has 0 amide bonds. The van der Waals surface area contributed by atoms with Crippen molar-refractivity contribution in [3.63, 3.8) is 0 Å². The topological polar surface area (TPSA) is 48.1 Å². The number of nitrogens with zero attached hydrogens (tertiary/aromatic N) is 1. The fraction of sp³-hybridized carbons (Fsp3) is 0.267. The van der Waals surface area contributed by atoms with E-state index in [0.717, 1.165) is 0 Å². The van der Waals surface area contributed by atoms with Gasteiger partial charge >= 0.3 is 0 Å². The molecule has 20 heavy (non-hydrogen) atoms. The third-order valence-electron chi connectivity index (χ3n) is 2.79. The smallest absolute Gasteiger partial charge is 0.198 e. The number of hydrogen-bond acceptors (Lipinski definition) is 3. The number of benzene rings is 1. The third kappa shape index (κ3) is 3.30. The van der Waals surface area contributed by atoms with Crippen molar-refractivity contribution in [3.05, 3.63) is 53.4 Å². The average molecular weight is 278 g/mol. The van der Waals surface area contributed by atoms with Crippen LogP contribution in [0.25, 0.3) is 0 Å². The molecule has 0 aliphatic heterocycles. The van der Waals surface area contributed by atoms with Crippen LogP contribution in [-0.4, -0.2) is 11.0 Å². The molecule has 2 rings (SSSR count). The van der Waals surface area contributed by atoms with Crippen LogP contribution in [0.2, 0.25) is 0 Å². The molecule has 0 spiro atoms. The molecule has 1 aromatic carbocycles. The molecular formula is C15H16F2N2O. The fourth-order valence-electron chi connectivity index (χ4n) is 1.89. The van der Waals surface area contributed by atoms with E-state index in [4.69, 9.17) is 10.5 Å². The minimum atomic E-state index is -0.746. The lowest BCUT2D eigenvalue weighted by Crippen LogP contribution is -2.18. The maximum atomic E-state index is 14.0. The number of ether oxygens (including phenoxy) is 1. The average Bonchev–Trinajstić information content (AvgIpc) is 2.35. The zero-order valence-corrected chi connectivity index (χ0v) is 11.4. The molecule has 0 bridgehead atoms. The molecule has 106 valence electrons. The first kappa shape index (κ1) is 14.4. The summed E-state index contributed by atoms with van der Waals surface area (Å²) in [4.78, 5) is 4.01. The van der Waals surface area contributed by atoms with Crippen LogP contribution in [0.4, 0.5) is 8.78 Å². The van der Waals surface area contributed by atoms with E-state index in [2.05, 4.69) is 4.98 Å². The van der Waals surface area contributed by atoms with Crippen LogP contribution in [0.1, 0.15) is 18.2 Å². The molecule has 3 nitrogen and oxygen atoms in total. The lowest BCUT2D eigenvalue weighted by Gasteiger charge is -2.12. The van der Waals surface area contributed by atoms with Gasteiger partial charge in [0.1, 0.15) is 5.75 Å². The van der Waals surface area contributed by atoms with Crippen LogP contribution in [0.5, 0.6) is 11.5 Å². The van der Waals surface area contributed by atoms with E-state index in [1.54, 1.807) is 32.2 Å². The normalized spacial score (nSPS) is 12.2. The van der Waals surface area contributed by atoms with Crippen molar-refractivity contribution in [1.29, 1.82) is 0 Å². The molecule has 1 aromatic heterocycles. The second-order valence-corrected chi connectivity index (χ2v) is 4.76. The SMILES string of the molecule is Cc1ncccc1Oc1c(F)cc(CC(C)N)cc1F. The number of aryl methyl sites for hydroxylation is 1. The zero-order valence-electron chi connectivity index (χ0n) is 11.4. The Kier molecular flexibility index (Phi) is 4.29. The van der Waals surface area contributed by atoms with Crippen molar-refractivity contribution >= 4 is 0 Å². The van der Waals surface area contributed by atoms with Crippen molar-refractivity contribution in [2.75, 3.05) is 0 Å². The predicted molar refractivity (Wildman–Crippen MR) is 72.8 cm³/mol. The van der Waals surface area contributed by atoms with E-state index in [9.17, 15) is 8.78 Å². The molecule has 0 radical (unpaired) electrons. The molecule has 0 saturated heterocycles. The molecule has 2 aromatic rings. The molecular weight excluding hydrogens is 262 g/mol. The Morgan fingerprint density at radius 1 is 1.30 bits per heavy atom. The molecule has 0 saturated carbocycles. The summed E-state index contributed by atoms with van der Waals surface area (Å²) in [5.74, 6) is -1.59. The van der Waals surface area contributed by atoms with E-state index < -0.39 is 17.4 Å². The molecule has 1 heterocycles. The number of halogens is 2. The quantitative estimate of drug-likeness (QED) is 0.933. The second-order valence-electron chi connectivity index (χ2n) is 4.76. The summed E-state index contributed by atoms with van der Waals surface area (Å²) in [5.41, 5.74) is 6.69. The number of hydrogen-bond donors (Lipinski definition) is 1. The van der Waals surface area contributed by atoms with E-state index >= 15 is 0 Å². The van der Waals surface area contributed by atoms with Crippen LogP contribution >= 0.6 is 0 Å². The first-order valence-corrected chi connectivity index (χ1v) is 6.30. The van der Waals surface area contributed by atoms with E-state index in [1.165, 1.54) is 12.1 Å². The minimum absolute atomic E-state index is 0.166. The van der Waals surface area contributed by atoms with E-state index in [0.29, 0.717) is 23.4 Å². The Balaban J connectivity index is 2.31. The first-order chi connectivity index (χ1) is 9.47. The lowest BCUT2D eigenvalue weighted by molar-refractivity contribution is 0.402. The Bertz CT molecular complexity index is 592. The van der Waals surface area contributed by atoms with E-state index in [1.807, 2.05) is 0 Å². The Morgan fingerprint density at radius 3 is 2.50 bits per heavy atom. The maximum Gasteiger partial charge on any atom is 0.198 e. The Morgan fingerprint density at radius 2 is 1.95 bits per heavy atom. The molecule has 0 aliphatic rings. The van der Waals surface area contributed by atoms with Gasteiger partial charge in [-0.3, -0.25) is 4.98 Å². The van der Waals surface area contributed by atoms with Crippen LogP contribution in [0.15, 0.2) is 30.5 Å². The summed E-state index contributed by atoms with van der Waals surface area (Å²) in [5, 5.41) is 0. The number of pyridine rings is 1. The summed E-state index contributed by atoms with van der Waals surface area (Å²) in [6, 6.07) is 5.57. The van der Waals surface area contributed by atoms with Crippen molar-refractivity contribution in [2.45, 2.75) is 26.3 Å². The van der Waals surface area contributed by atoms with Crippen molar-refractivity contribution < 1.29 is 13.5 Å². The lowest BCUT2D eigenvalue weighted by atomic mass is 10.1. The summed E-state index contributed by atoms with van der Waals surface area (Å²) in [7, 11) is 0. The van der Waals surface area contributed by atoms with Crippen LogP contribution < -0.4 is 10.5 Å². The van der Waals surface area contributed by atoms with Crippen molar-refractivity contribution in [1.82, 2.24) is 4.98 Å². The second kappa shape index (κ2) is 5.96. The number of aromatic nitrogens is 1. The van der Waals surface area contributed by atoms with Crippen molar-refractivity contribution in [3.8, 4) is 11.5 Å². The highest BCUT2D eigenvalue weighted by molar-refractivity contribution is 5.37. The molecule has 2 N–H and O–H groups in total. The van der Waals surface area contributed by atoms with Gasteiger partial charge in [-0.1, -0.05) is 0 Å².